The van der Waals surface area contributed by atoms with Crippen LogP contribution in [0.5, 0.6) is 0 Å². The molecule has 2 nitrogen and oxygen atoms in total. The van der Waals surface area contributed by atoms with E-state index < -0.39 is 0 Å². The van der Waals surface area contributed by atoms with Gasteiger partial charge in [0.25, 0.3) is 0 Å². The van der Waals surface area contributed by atoms with Crippen molar-refractivity contribution in [2.24, 2.45) is 7.05 Å². The molecule has 0 saturated heterocycles. The SMILES string of the molecule is Br.CCCCn1cc[n+](C)c1.Cl.[Br-]. The molecule has 0 amide bonds. The molecule has 0 atom stereocenters. The summed E-state index contributed by atoms with van der Waals surface area (Å²) in [7, 11) is 2.04. The molecule has 0 aliphatic rings. The molecule has 0 aliphatic heterocycles. The number of unbranched alkanes of at least 4 members (excludes halogenated alkanes) is 1. The summed E-state index contributed by atoms with van der Waals surface area (Å²) in [4.78, 5) is 0. The molecule has 0 N–H and O–H groups in total. The number of nitrogens with zero attached hydrogens (tertiary/aromatic N) is 2. The maximum Gasteiger partial charge on any atom is 0.243 e. The predicted molar refractivity (Wildman–Crippen MR) is 58.1 cm³/mol. The highest BCUT2D eigenvalue weighted by Crippen LogP contribution is 1.91. The summed E-state index contributed by atoms with van der Waals surface area (Å²) in [6.07, 6.45) is 8.82. The van der Waals surface area contributed by atoms with Gasteiger partial charge in [-0.3, -0.25) is 0 Å². The van der Waals surface area contributed by atoms with Gasteiger partial charge in [0.2, 0.25) is 6.33 Å². The number of halogens is 3. The Labute approximate surface area is 107 Å². The quantitative estimate of drug-likeness (QED) is 0.634. The topological polar surface area (TPSA) is 8.81 Å². The first kappa shape index (κ1) is 19.1. The smallest absolute Gasteiger partial charge is 0.243 e. The third kappa shape index (κ3) is 7.52. The molecule has 13 heavy (non-hydrogen) atoms. The molecule has 5 heteroatoms. The molecule has 0 fully saturated rings. The van der Waals surface area contributed by atoms with E-state index in [4.69, 9.17) is 0 Å². The van der Waals surface area contributed by atoms with Crippen molar-refractivity contribution < 1.29 is 21.5 Å². The second-order valence-corrected chi connectivity index (χ2v) is 2.67. The van der Waals surface area contributed by atoms with Crippen LogP contribution in [0, 0.1) is 0 Å². The van der Waals surface area contributed by atoms with Crippen LogP contribution >= 0.6 is 29.4 Å². The zero-order valence-corrected chi connectivity index (χ0v) is 12.1. The lowest BCUT2D eigenvalue weighted by molar-refractivity contribution is -0.671. The van der Waals surface area contributed by atoms with Gasteiger partial charge in [-0.2, -0.15) is 0 Å². The molecular weight excluding hydrogens is 319 g/mol. The van der Waals surface area contributed by atoms with E-state index in [1.807, 2.05) is 7.05 Å². The summed E-state index contributed by atoms with van der Waals surface area (Å²) in [6.45, 7) is 3.36. The van der Waals surface area contributed by atoms with E-state index in [-0.39, 0.29) is 46.4 Å². The first-order valence-electron chi connectivity index (χ1n) is 3.84. The van der Waals surface area contributed by atoms with Crippen molar-refractivity contribution >= 4 is 29.4 Å². The van der Waals surface area contributed by atoms with Gasteiger partial charge in [0, 0.05) is 0 Å². The van der Waals surface area contributed by atoms with Gasteiger partial charge < -0.3 is 17.0 Å². The van der Waals surface area contributed by atoms with E-state index in [0.29, 0.717) is 0 Å². The minimum absolute atomic E-state index is 0. The van der Waals surface area contributed by atoms with E-state index in [2.05, 4.69) is 34.8 Å². The average Bonchev–Trinajstić information content (AvgIpc) is 2.31. The predicted octanol–water partition coefficient (Wildman–Crippen LogP) is -0.884. The Morgan fingerprint density at radius 2 is 2.00 bits per heavy atom. The van der Waals surface area contributed by atoms with E-state index in [9.17, 15) is 0 Å². The standard InChI is InChI=1S/C8H15N2.2BrH.ClH/c1-3-4-5-10-7-6-9(2)8-10;;;/h6-8H,3-5H2,1-2H3;3*1H/q+1;;;/p-1. The fourth-order valence-electron chi connectivity index (χ4n) is 0.975. The fourth-order valence-corrected chi connectivity index (χ4v) is 0.975. The van der Waals surface area contributed by atoms with Crippen molar-refractivity contribution in [2.45, 2.75) is 26.3 Å². The number of aryl methyl sites for hydroxylation is 2. The Balaban J connectivity index is -0.000000333. The molecular formula is C8H17Br2ClN2. The molecule has 1 aromatic heterocycles. The minimum atomic E-state index is 0. The van der Waals surface area contributed by atoms with Crippen LogP contribution in [-0.2, 0) is 13.6 Å². The van der Waals surface area contributed by atoms with Crippen LogP contribution in [0.25, 0.3) is 0 Å². The summed E-state index contributed by atoms with van der Waals surface area (Å²) >= 11 is 0. The summed E-state index contributed by atoms with van der Waals surface area (Å²) in [5.41, 5.74) is 0. The van der Waals surface area contributed by atoms with Gasteiger partial charge in [-0.1, -0.05) is 13.3 Å². The van der Waals surface area contributed by atoms with Crippen molar-refractivity contribution in [1.82, 2.24) is 4.57 Å². The third-order valence-electron chi connectivity index (χ3n) is 1.59. The van der Waals surface area contributed by atoms with Gasteiger partial charge in [-0.15, -0.1) is 29.4 Å². The van der Waals surface area contributed by atoms with Crippen molar-refractivity contribution in [3.05, 3.63) is 18.7 Å². The Bertz CT molecular complexity index is 204. The highest BCUT2D eigenvalue weighted by molar-refractivity contribution is 8.93. The molecule has 80 valence electrons. The largest absolute Gasteiger partial charge is 1.00 e. The maximum atomic E-state index is 2.21. The Morgan fingerprint density at radius 1 is 1.38 bits per heavy atom. The van der Waals surface area contributed by atoms with Crippen molar-refractivity contribution in [2.75, 3.05) is 0 Å². The monoisotopic (exact) mass is 334 g/mol. The van der Waals surface area contributed by atoms with Crippen LogP contribution in [-0.4, -0.2) is 4.57 Å². The van der Waals surface area contributed by atoms with Gasteiger partial charge in [0.15, 0.2) is 0 Å². The number of rotatable bonds is 3. The van der Waals surface area contributed by atoms with Gasteiger partial charge >= 0.3 is 0 Å². The van der Waals surface area contributed by atoms with Gasteiger partial charge in [0.1, 0.15) is 12.4 Å². The Hall–Kier alpha value is 0.460. The van der Waals surface area contributed by atoms with Crippen LogP contribution in [0.2, 0.25) is 0 Å². The van der Waals surface area contributed by atoms with Crippen LogP contribution in [0.3, 0.4) is 0 Å². The maximum absolute atomic E-state index is 2.21. The minimum Gasteiger partial charge on any atom is -1.00 e. The first-order chi connectivity index (χ1) is 4.83. The highest BCUT2D eigenvalue weighted by atomic mass is 79.9. The molecule has 0 spiro atoms. The first-order valence-corrected chi connectivity index (χ1v) is 3.84. The van der Waals surface area contributed by atoms with Crippen molar-refractivity contribution in [3.63, 3.8) is 0 Å². The summed E-state index contributed by atoms with van der Waals surface area (Å²) in [5, 5.41) is 0. The molecule has 1 heterocycles. The summed E-state index contributed by atoms with van der Waals surface area (Å²) in [5.74, 6) is 0. The third-order valence-corrected chi connectivity index (χ3v) is 1.59. The molecule has 0 aliphatic carbocycles. The number of hydrogen-bond donors (Lipinski definition) is 0. The van der Waals surface area contributed by atoms with E-state index in [1.165, 1.54) is 12.8 Å². The zero-order chi connectivity index (χ0) is 7.40. The molecule has 0 aromatic carbocycles. The van der Waals surface area contributed by atoms with E-state index >= 15 is 0 Å². The number of aromatic nitrogens is 2. The fraction of sp³-hybridized carbons (Fsp3) is 0.625. The van der Waals surface area contributed by atoms with E-state index in [1.54, 1.807) is 0 Å². The van der Waals surface area contributed by atoms with Crippen LogP contribution in [0.15, 0.2) is 18.7 Å². The lowest BCUT2D eigenvalue weighted by atomic mass is 10.3. The van der Waals surface area contributed by atoms with Crippen LogP contribution < -0.4 is 21.5 Å². The lowest BCUT2D eigenvalue weighted by Gasteiger charge is -1.90. The molecule has 0 radical (unpaired) electrons. The Kier molecular flexibility index (Phi) is 15.5. The van der Waals surface area contributed by atoms with Gasteiger partial charge in [0.05, 0.1) is 13.6 Å². The van der Waals surface area contributed by atoms with Crippen molar-refractivity contribution in [1.29, 1.82) is 0 Å². The normalized spacial score (nSPS) is 7.85. The summed E-state index contributed by atoms with van der Waals surface area (Å²) < 4.78 is 4.28. The number of hydrogen-bond acceptors (Lipinski definition) is 0. The van der Waals surface area contributed by atoms with E-state index in [0.717, 1.165) is 6.54 Å². The van der Waals surface area contributed by atoms with Crippen LogP contribution in [0.4, 0.5) is 0 Å². The zero-order valence-electron chi connectivity index (χ0n) is 7.94. The van der Waals surface area contributed by atoms with Gasteiger partial charge in [-0.25, -0.2) is 9.13 Å². The average molecular weight is 336 g/mol. The number of imidazole rings is 1. The molecule has 0 unspecified atom stereocenters. The van der Waals surface area contributed by atoms with Crippen LogP contribution in [0.1, 0.15) is 19.8 Å². The molecule has 1 rings (SSSR count). The highest BCUT2D eigenvalue weighted by Gasteiger charge is 1.96. The van der Waals surface area contributed by atoms with Gasteiger partial charge in [-0.05, 0) is 6.42 Å². The second-order valence-electron chi connectivity index (χ2n) is 2.67. The summed E-state index contributed by atoms with van der Waals surface area (Å²) in [6, 6.07) is 0. The second kappa shape index (κ2) is 10.5. The van der Waals surface area contributed by atoms with Crippen molar-refractivity contribution in [3.8, 4) is 0 Å². The molecule has 0 saturated carbocycles. The molecule has 1 aromatic rings. The molecule has 0 bridgehead atoms. The lowest BCUT2D eigenvalue weighted by Crippen LogP contribution is -3.00. The Morgan fingerprint density at radius 3 is 2.38 bits per heavy atom.